The van der Waals surface area contributed by atoms with Gasteiger partial charge in [0.2, 0.25) is 0 Å². The van der Waals surface area contributed by atoms with Gasteiger partial charge in [0.1, 0.15) is 0 Å². The van der Waals surface area contributed by atoms with Crippen molar-refractivity contribution >= 4 is 0 Å². The summed E-state index contributed by atoms with van der Waals surface area (Å²) in [6.45, 7) is 14.3. The Hall–Kier alpha value is -1.26. The minimum atomic E-state index is -0.365. The van der Waals surface area contributed by atoms with Crippen LogP contribution in [0.2, 0.25) is 0 Å². The summed E-state index contributed by atoms with van der Waals surface area (Å²) in [5.74, 6) is 0.796. The number of hydrogen-bond donors (Lipinski definition) is 2. The van der Waals surface area contributed by atoms with Crippen LogP contribution in [0.4, 0.5) is 0 Å². The first-order valence-corrected chi connectivity index (χ1v) is 8.55. The molecule has 3 unspecified atom stereocenters. The molecule has 0 amide bonds. The van der Waals surface area contributed by atoms with Gasteiger partial charge >= 0.3 is 0 Å². The van der Waals surface area contributed by atoms with Crippen LogP contribution in [-0.4, -0.2) is 24.5 Å². The van der Waals surface area contributed by atoms with E-state index in [1.165, 1.54) is 5.56 Å². The molecule has 1 aromatic rings. The maximum Gasteiger partial charge on any atom is 0.197 e. The number of fused-ring (bicyclic) bond motifs is 4. The Bertz CT molecular complexity index is 622. The van der Waals surface area contributed by atoms with Crippen LogP contribution in [-0.2, 0) is 15.7 Å². The molecule has 3 atom stereocenters. The molecule has 1 heterocycles. The first-order valence-electron chi connectivity index (χ1n) is 8.55. The molecule has 1 saturated heterocycles. The van der Waals surface area contributed by atoms with Gasteiger partial charge in [0.15, 0.2) is 17.8 Å². The van der Waals surface area contributed by atoms with Gasteiger partial charge < -0.3 is 19.9 Å². The number of aromatic hydroxyl groups is 1. The van der Waals surface area contributed by atoms with Gasteiger partial charge in [-0.1, -0.05) is 33.8 Å². The quantitative estimate of drug-likeness (QED) is 0.813. The van der Waals surface area contributed by atoms with Gasteiger partial charge in [0.25, 0.3) is 0 Å². The first-order chi connectivity index (χ1) is 10.6. The number of benzene rings is 1. The van der Waals surface area contributed by atoms with Crippen molar-refractivity contribution in [2.75, 3.05) is 13.2 Å². The molecule has 2 N–H and O–H groups in total. The standard InChI is InChI=1S/C19H29NO3/c1-7-22-12(2)23-14-9-8-13-15(16(14)21)18(6)11-20-19(13,18)10-17(3,4)5/h8-9,12,20-21H,7,10-11H2,1-6H3. The molecule has 0 bridgehead atoms. The number of nitrogens with one attached hydrogen (secondary N) is 1. The fraction of sp³-hybridized carbons (Fsp3) is 0.684. The highest BCUT2D eigenvalue weighted by atomic mass is 16.7. The smallest absolute Gasteiger partial charge is 0.197 e. The summed E-state index contributed by atoms with van der Waals surface area (Å²) in [5, 5.41) is 14.4. The Labute approximate surface area is 139 Å². The van der Waals surface area contributed by atoms with Gasteiger partial charge in [0, 0.05) is 24.1 Å². The molecule has 1 aliphatic heterocycles. The fourth-order valence-corrected chi connectivity index (χ4v) is 4.38. The van der Waals surface area contributed by atoms with E-state index in [0.717, 1.165) is 18.5 Å². The normalized spacial score (nSPS) is 29.8. The molecule has 1 aliphatic carbocycles. The Morgan fingerprint density at radius 2 is 2.04 bits per heavy atom. The van der Waals surface area contributed by atoms with E-state index in [9.17, 15) is 5.11 Å². The Kier molecular flexibility index (Phi) is 3.69. The van der Waals surface area contributed by atoms with Crippen molar-refractivity contribution in [2.45, 2.75) is 65.2 Å². The van der Waals surface area contributed by atoms with Gasteiger partial charge in [-0.2, -0.15) is 0 Å². The SMILES string of the molecule is CCOC(C)Oc1ccc2c(c1O)C1(C)CNC21CC(C)(C)C. The summed E-state index contributed by atoms with van der Waals surface area (Å²) in [6, 6.07) is 3.97. The molecule has 23 heavy (non-hydrogen) atoms. The van der Waals surface area contributed by atoms with Gasteiger partial charge in [-0.25, -0.2) is 0 Å². The summed E-state index contributed by atoms with van der Waals surface area (Å²) in [4.78, 5) is 0. The zero-order valence-corrected chi connectivity index (χ0v) is 15.1. The van der Waals surface area contributed by atoms with Crippen molar-refractivity contribution in [3.05, 3.63) is 23.3 Å². The van der Waals surface area contributed by atoms with Crippen LogP contribution in [0, 0.1) is 5.41 Å². The highest BCUT2D eigenvalue weighted by Crippen LogP contribution is 2.66. The van der Waals surface area contributed by atoms with E-state index in [0.29, 0.717) is 12.4 Å². The third-order valence-corrected chi connectivity index (χ3v) is 5.33. The third kappa shape index (κ3) is 2.26. The number of hydrogen-bond acceptors (Lipinski definition) is 4. The molecular weight excluding hydrogens is 290 g/mol. The van der Waals surface area contributed by atoms with Crippen LogP contribution >= 0.6 is 0 Å². The van der Waals surface area contributed by atoms with Crippen LogP contribution in [0.1, 0.15) is 59.1 Å². The zero-order valence-electron chi connectivity index (χ0n) is 15.1. The van der Waals surface area contributed by atoms with Crippen molar-refractivity contribution in [3.8, 4) is 11.5 Å². The summed E-state index contributed by atoms with van der Waals surface area (Å²) < 4.78 is 11.2. The molecule has 1 fully saturated rings. The van der Waals surface area contributed by atoms with Crippen LogP contribution in [0.3, 0.4) is 0 Å². The Morgan fingerprint density at radius 3 is 2.57 bits per heavy atom. The lowest BCUT2D eigenvalue weighted by Crippen LogP contribution is -2.78. The van der Waals surface area contributed by atoms with Gasteiger partial charge in [-0.05, 0) is 37.3 Å². The van der Waals surface area contributed by atoms with E-state index in [2.05, 4.69) is 39.1 Å². The average Bonchev–Trinajstić information content (AvgIpc) is 2.44. The predicted molar refractivity (Wildman–Crippen MR) is 90.9 cm³/mol. The van der Waals surface area contributed by atoms with E-state index in [4.69, 9.17) is 9.47 Å². The monoisotopic (exact) mass is 319 g/mol. The number of phenolic OH excluding ortho intramolecular Hbond substituents is 1. The van der Waals surface area contributed by atoms with Crippen LogP contribution in [0.5, 0.6) is 11.5 Å². The predicted octanol–water partition coefficient (Wildman–Crippen LogP) is 3.66. The van der Waals surface area contributed by atoms with E-state index < -0.39 is 0 Å². The van der Waals surface area contributed by atoms with Gasteiger partial charge in [-0.15, -0.1) is 0 Å². The second kappa shape index (κ2) is 5.12. The van der Waals surface area contributed by atoms with Crippen molar-refractivity contribution < 1.29 is 14.6 Å². The Morgan fingerprint density at radius 1 is 1.35 bits per heavy atom. The number of phenols is 1. The maximum absolute atomic E-state index is 10.7. The van der Waals surface area contributed by atoms with Crippen LogP contribution < -0.4 is 10.1 Å². The van der Waals surface area contributed by atoms with E-state index in [1.807, 2.05) is 19.9 Å². The second-order valence-electron chi connectivity index (χ2n) is 8.30. The molecule has 4 nitrogen and oxygen atoms in total. The van der Waals surface area contributed by atoms with Crippen LogP contribution in [0.15, 0.2) is 12.1 Å². The highest BCUT2D eigenvalue weighted by Gasteiger charge is 2.68. The Balaban J connectivity index is 1.94. The molecule has 0 radical (unpaired) electrons. The van der Waals surface area contributed by atoms with E-state index in [-0.39, 0.29) is 28.4 Å². The summed E-state index contributed by atoms with van der Waals surface area (Å²) in [6.07, 6.45) is 0.689. The first kappa shape index (κ1) is 16.6. The molecular formula is C19H29NO3. The van der Waals surface area contributed by atoms with Crippen molar-refractivity contribution in [1.82, 2.24) is 5.32 Å². The average molecular weight is 319 g/mol. The number of ether oxygens (including phenoxy) is 2. The van der Waals surface area contributed by atoms with Crippen LogP contribution in [0.25, 0.3) is 0 Å². The molecule has 0 spiro atoms. The van der Waals surface area contributed by atoms with Gasteiger partial charge in [0.05, 0.1) is 5.54 Å². The van der Waals surface area contributed by atoms with E-state index in [1.54, 1.807) is 0 Å². The van der Waals surface area contributed by atoms with E-state index >= 15 is 0 Å². The molecule has 1 aromatic carbocycles. The van der Waals surface area contributed by atoms with Crippen molar-refractivity contribution in [2.24, 2.45) is 5.41 Å². The summed E-state index contributed by atoms with van der Waals surface area (Å²) >= 11 is 0. The minimum Gasteiger partial charge on any atom is -0.504 e. The molecule has 4 heteroatoms. The molecule has 0 aromatic heterocycles. The summed E-state index contributed by atoms with van der Waals surface area (Å²) in [7, 11) is 0. The molecule has 2 aliphatic rings. The third-order valence-electron chi connectivity index (χ3n) is 5.33. The lowest BCUT2D eigenvalue weighted by molar-refractivity contribution is -0.0635. The number of rotatable bonds is 5. The molecule has 3 rings (SSSR count). The minimum absolute atomic E-state index is 0.0118. The molecule has 128 valence electrons. The highest BCUT2D eigenvalue weighted by molar-refractivity contribution is 5.67. The largest absolute Gasteiger partial charge is 0.504 e. The zero-order chi connectivity index (χ0) is 17.0. The maximum atomic E-state index is 10.7. The van der Waals surface area contributed by atoms with Gasteiger partial charge in [-0.3, -0.25) is 0 Å². The fourth-order valence-electron chi connectivity index (χ4n) is 4.38. The lowest BCUT2D eigenvalue weighted by atomic mass is 9.43. The second-order valence-corrected chi connectivity index (χ2v) is 8.30. The lowest BCUT2D eigenvalue weighted by Gasteiger charge is -2.69. The molecule has 0 saturated carbocycles. The summed E-state index contributed by atoms with van der Waals surface area (Å²) in [5.41, 5.74) is 2.45. The topological polar surface area (TPSA) is 50.7 Å². The van der Waals surface area contributed by atoms with Crippen molar-refractivity contribution in [1.29, 1.82) is 0 Å². The van der Waals surface area contributed by atoms with Crippen molar-refractivity contribution in [3.63, 3.8) is 0 Å².